The highest BCUT2D eigenvalue weighted by Gasteiger charge is 2.34. The fraction of sp³-hybridized carbons (Fsp3) is 0.345. The Morgan fingerprint density at radius 3 is 2.38 bits per heavy atom. The van der Waals surface area contributed by atoms with Crippen molar-refractivity contribution in [1.82, 2.24) is 4.90 Å². The molecule has 0 fully saturated rings. The maximum Gasteiger partial charge on any atom is 0.417 e. The minimum absolute atomic E-state index is 0.0377. The molecular formula is C29H31ClF3NO3. The topological polar surface area (TPSA) is 49.8 Å². The van der Waals surface area contributed by atoms with E-state index in [0.717, 1.165) is 11.6 Å². The zero-order valence-electron chi connectivity index (χ0n) is 20.8. The molecule has 0 aliphatic carbocycles. The second-order valence-electron chi connectivity index (χ2n) is 9.42. The minimum Gasteiger partial charge on any atom is -0.493 e. The zero-order chi connectivity index (χ0) is 27.0. The minimum atomic E-state index is -4.52. The Balaban J connectivity index is 1.73. The molecule has 0 unspecified atom stereocenters. The van der Waals surface area contributed by atoms with Crippen molar-refractivity contribution in [1.29, 1.82) is 0 Å². The normalized spacial score (nSPS) is 13.4. The molecule has 0 heterocycles. The number of ether oxygens (including phenoxy) is 1. The van der Waals surface area contributed by atoms with Crippen molar-refractivity contribution in [3.05, 3.63) is 100 Å². The average Bonchev–Trinajstić information content (AvgIpc) is 2.83. The molecule has 0 radical (unpaired) electrons. The van der Waals surface area contributed by atoms with Gasteiger partial charge in [-0.25, -0.2) is 0 Å². The van der Waals surface area contributed by atoms with E-state index in [2.05, 4.69) is 11.8 Å². The third-order valence-electron chi connectivity index (χ3n) is 6.04. The molecule has 37 heavy (non-hydrogen) atoms. The summed E-state index contributed by atoms with van der Waals surface area (Å²) in [5, 5.41) is 8.74. The van der Waals surface area contributed by atoms with Crippen LogP contribution in [0.4, 0.5) is 13.2 Å². The van der Waals surface area contributed by atoms with Crippen LogP contribution in [0.15, 0.2) is 72.8 Å². The molecule has 0 spiro atoms. The summed E-state index contributed by atoms with van der Waals surface area (Å²) in [6.07, 6.45) is -4.61. The molecule has 1 N–H and O–H groups in total. The summed E-state index contributed by atoms with van der Waals surface area (Å²) in [5.41, 5.74) is 1.38. The lowest BCUT2D eigenvalue weighted by atomic mass is 9.99. The summed E-state index contributed by atoms with van der Waals surface area (Å²) >= 11 is 6.21. The number of nitrogens with zero attached hydrogens (tertiary/aromatic N) is 1. The number of aliphatic carboxylic acids is 1. The van der Waals surface area contributed by atoms with Crippen LogP contribution in [0.2, 0.25) is 5.02 Å². The van der Waals surface area contributed by atoms with E-state index in [9.17, 15) is 18.0 Å². The van der Waals surface area contributed by atoms with Crippen LogP contribution < -0.4 is 4.74 Å². The van der Waals surface area contributed by atoms with E-state index >= 15 is 0 Å². The van der Waals surface area contributed by atoms with Crippen LogP contribution in [0.1, 0.15) is 42.0 Å². The van der Waals surface area contributed by atoms with Crippen LogP contribution >= 0.6 is 11.6 Å². The lowest BCUT2D eigenvalue weighted by molar-refractivity contribution is -0.138. The van der Waals surface area contributed by atoms with E-state index < -0.39 is 17.7 Å². The molecule has 3 aromatic rings. The molecule has 0 saturated carbocycles. The molecule has 4 nitrogen and oxygen atoms in total. The Morgan fingerprint density at radius 1 is 1.00 bits per heavy atom. The summed E-state index contributed by atoms with van der Waals surface area (Å²) in [7, 11) is 0. The van der Waals surface area contributed by atoms with E-state index in [0.29, 0.717) is 36.6 Å². The molecule has 0 aliphatic heterocycles. The largest absolute Gasteiger partial charge is 0.493 e. The third kappa shape index (κ3) is 8.79. The van der Waals surface area contributed by atoms with Gasteiger partial charge in [-0.05, 0) is 40.8 Å². The molecule has 8 heteroatoms. The van der Waals surface area contributed by atoms with Gasteiger partial charge in [0.25, 0.3) is 0 Å². The highest BCUT2D eigenvalue weighted by atomic mass is 35.5. The first-order chi connectivity index (χ1) is 17.5. The van der Waals surface area contributed by atoms with Crippen molar-refractivity contribution >= 4 is 17.6 Å². The second-order valence-corrected chi connectivity index (χ2v) is 9.79. The van der Waals surface area contributed by atoms with Gasteiger partial charge in [0.2, 0.25) is 0 Å². The fourth-order valence-electron chi connectivity index (χ4n) is 4.29. The van der Waals surface area contributed by atoms with Crippen molar-refractivity contribution in [2.45, 2.75) is 38.9 Å². The van der Waals surface area contributed by atoms with Gasteiger partial charge in [-0.15, -0.1) is 0 Å². The molecule has 2 atom stereocenters. The highest BCUT2D eigenvalue weighted by molar-refractivity contribution is 6.32. The number of hydrogen-bond acceptors (Lipinski definition) is 3. The van der Waals surface area contributed by atoms with E-state index in [1.54, 1.807) is 30.3 Å². The number of benzene rings is 3. The van der Waals surface area contributed by atoms with Gasteiger partial charge in [0.15, 0.2) is 0 Å². The number of rotatable bonds is 12. The number of carbonyl (C=O) groups is 1. The van der Waals surface area contributed by atoms with Gasteiger partial charge in [-0.1, -0.05) is 80.0 Å². The molecule has 0 saturated heterocycles. The molecule has 0 aliphatic rings. The second kappa shape index (κ2) is 13.0. The maximum atomic E-state index is 13.4. The Hall–Kier alpha value is -3.03. The molecular weight excluding hydrogens is 503 g/mol. The van der Waals surface area contributed by atoms with Gasteiger partial charge in [0.05, 0.1) is 23.6 Å². The van der Waals surface area contributed by atoms with Gasteiger partial charge >= 0.3 is 12.1 Å². The summed E-state index contributed by atoms with van der Waals surface area (Å²) in [6, 6.07) is 20.9. The summed E-state index contributed by atoms with van der Waals surface area (Å²) in [4.78, 5) is 13.1. The maximum absolute atomic E-state index is 13.4. The number of halogens is 4. The molecule has 198 valence electrons. The SMILES string of the molecule is C[C@@H](COc1cccc(CC(=O)O)c1)CN(Cc1cccc(C(F)(F)F)c1Cl)C[C@H](C)c1ccccc1. The van der Waals surface area contributed by atoms with E-state index in [4.69, 9.17) is 21.4 Å². The van der Waals surface area contributed by atoms with Gasteiger partial charge in [0.1, 0.15) is 5.75 Å². The van der Waals surface area contributed by atoms with Crippen LogP contribution in [0, 0.1) is 5.92 Å². The average molecular weight is 534 g/mol. The van der Waals surface area contributed by atoms with Crippen LogP contribution in [0.5, 0.6) is 5.75 Å². The van der Waals surface area contributed by atoms with Crippen LogP contribution in [-0.4, -0.2) is 35.7 Å². The van der Waals surface area contributed by atoms with Gasteiger partial charge < -0.3 is 9.84 Å². The number of alkyl halides is 3. The lowest BCUT2D eigenvalue weighted by Gasteiger charge is -2.29. The quantitative estimate of drug-likeness (QED) is 0.265. The predicted molar refractivity (Wildman–Crippen MR) is 139 cm³/mol. The van der Waals surface area contributed by atoms with Crippen molar-refractivity contribution in [2.24, 2.45) is 5.92 Å². The highest BCUT2D eigenvalue weighted by Crippen LogP contribution is 2.36. The van der Waals surface area contributed by atoms with Crippen molar-refractivity contribution in [3.63, 3.8) is 0 Å². The summed E-state index contributed by atoms with van der Waals surface area (Å²) in [5.74, 6) is -0.153. The third-order valence-corrected chi connectivity index (χ3v) is 6.48. The van der Waals surface area contributed by atoms with Crippen molar-refractivity contribution in [3.8, 4) is 5.75 Å². The molecule has 0 aromatic heterocycles. The van der Waals surface area contributed by atoms with Gasteiger partial charge in [0, 0.05) is 25.6 Å². The zero-order valence-corrected chi connectivity index (χ0v) is 21.6. The Kier molecular flexibility index (Phi) is 10.0. The Labute approximate surface area is 220 Å². The van der Waals surface area contributed by atoms with Crippen LogP contribution in [0.3, 0.4) is 0 Å². The first kappa shape index (κ1) is 28.5. The number of carboxylic acids is 1. The molecule has 0 amide bonds. The van der Waals surface area contributed by atoms with Gasteiger partial charge in [-0.3, -0.25) is 9.69 Å². The monoisotopic (exact) mass is 533 g/mol. The Bertz CT molecular complexity index is 1170. The van der Waals surface area contributed by atoms with Crippen LogP contribution in [-0.2, 0) is 23.9 Å². The first-order valence-corrected chi connectivity index (χ1v) is 12.5. The standard InChI is InChI=1S/C29H31ClF3NO3/c1-20(19-37-25-12-6-8-22(14-25)15-27(35)36)16-34(17-21(2)23-9-4-3-5-10-23)18-24-11-7-13-26(28(24)30)29(31,32)33/h3-14,20-21H,15-19H2,1-2H3,(H,35,36)/t20-,21+/m1/s1. The smallest absolute Gasteiger partial charge is 0.417 e. The van der Waals surface area contributed by atoms with E-state index in [1.165, 1.54) is 6.07 Å². The first-order valence-electron chi connectivity index (χ1n) is 12.1. The fourth-order valence-corrected chi connectivity index (χ4v) is 4.58. The molecule has 3 rings (SSSR count). The van der Waals surface area contributed by atoms with Crippen LogP contribution in [0.25, 0.3) is 0 Å². The van der Waals surface area contributed by atoms with E-state index in [-0.39, 0.29) is 29.8 Å². The van der Waals surface area contributed by atoms with Crippen molar-refractivity contribution < 1.29 is 27.8 Å². The molecule has 3 aromatic carbocycles. The summed E-state index contributed by atoms with van der Waals surface area (Å²) in [6.45, 7) is 5.91. The van der Waals surface area contributed by atoms with E-state index in [1.807, 2.05) is 37.3 Å². The van der Waals surface area contributed by atoms with Crippen molar-refractivity contribution in [2.75, 3.05) is 19.7 Å². The Morgan fingerprint density at radius 2 is 1.70 bits per heavy atom. The van der Waals surface area contributed by atoms with Gasteiger partial charge in [-0.2, -0.15) is 13.2 Å². The molecule has 0 bridgehead atoms. The predicted octanol–water partition coefficient (Wildman–Crippen LogP) is 7.31. The lowest BCUT2D eigenvalue weighted by Crippen LogP contribution is -2.33. The summed E-state index contributed by atoms with van der Waals surface area (Å²) < 4.78 is 46.2. The number of carboxylic acid groups (broad SMARTS) is 1. The number of hydrogen-bond donors (Lipinski definition) is 1.